The molecule has 2 aromatic heterocycles. The molecule has 4 aromatic rings. The Hall–Kier alpha value is -5.31. The zero-order valence-corrected chi connectivity index (χ0v) is 38.8. The van der Waals surface area contributed by atoms with E-state index in [9.17, 15) is 24.3 Å². The number of amides is 3. The molecule has 1 saturated carbocycles. The number of nitrogens with zero attached hydrogens (tertiary/aromatic N) is 4. The first-order chi connectivity index (χ1) is 30.5. The maximum Gasteiger partial charge on any atom is 0.324 e. The number of aromatic nitrogens is 2. The van der Waals surface area contributed by atoms with Gasteiger partial charge in [-0.1, -0.05) is 52.7 Å². The topological polar surface area (TPSA) is 181 Å². The number of aromatic hydroxyl groups is 1. The van der Waals surface area contributed by atoms with Crippen LogP contribution in [-0.2, 0) is 48.0 Å². The third-order valence-corrected chi connectivity index (χ3v) is 13.5. The van der Waals surface area contributed by atoms with Crippen molar-refractivity contribution in [2.75, 3.05) is 27.3 Å². The van der Waals surface area contributed by atoms with Crippen LogP contribution in [0.25, 0.3) is 33.3 Å². The Bertz CT molecular complexity index is 2380. The van der Waals surface area contributed by atoms with Gasteiger partial charge in [-0.15, -0.1) is 0 Å². The van der Waals surface area contributed by atoms with E-state index in [1.807, 2.05) is 39.0 Å². The van der Waals surface area contributed by atoms with E-state index < -0.39 is 41.3 Å². The van der Waals surface area contributed by atoms with Gasteiger partial charge in [0.2, 0.25) is 11.8 Å². The number of benzene rings is 2. The molecule has 4 heterocycles. The predicted octanol–water partition coefficient (Wildman–Crippen LogP) is 6.45. The number of hydrogen-bond acceptors (Lipinski definition) is 10. The van der Waals surface area contributed by atoms with Crippen LogP contribution in [0.4, 0.5) is 0 Å². The highest BCUT2D eigenvalue weighted by Gasteiger charge is 2.40. The Labute approximate surface area is 377 Å². The number of carbonyl (C=O) groups is 4. The molecule has 6 bridgehead atoms. The van der Waals surface area contributed by atoms with Gasteiger partial charge in [0.25, 0.3) is 5.91 Å². The van der Waals surface area contributed by atoms with Crippen molar-refractivity contribution in [3.63, 3.8) is 0 Å². The molecular formula is C50H67N7O7. The number of rotatable bonds is 9. The van der Waals surface area contributed by atoms with E-state index in [4.69, 9.17) is 20.2 Å². The molecule has 0 radical (unpaired) electrons. The Morgan fingerprint density at radius 2 is 1.83 bits per heavy atom. The number of phenolic OH excluding ortho intramolecular Hbond substituents is 1. The number of aryl methyl sites for hydroxylation is 1. The summed E-state index contributed by atoms with van der Waals surface area (Å²) in [6.07, 6.45) is 6.35. The SMILES string of the molecule is CCn1c(-c2cccnc2[C@H](C)OC)c2c3cc(ccc31)-c1cc(O)cc(c1)C[C@H](NC(=O)[C@H](C(C)C)N(C)C(=O)[C@H]1CCCC[C@H]1N)C(=O)N1CCC[C@H](N1)C(=O)OCC(C)(C)C2. The summed E-state index contributed by atoms with van der Waals surface area (Å²) >= 11 is 0. The first-order valence-electron chi connectivity index (χ1n) is 23.0. The van der Waals surface area contributed by atoms with Crippen molar-refractivity contribution < 1.29 is 33.8 Å². The molecule has 14 heteroatoms. The number of phenols is 1. The van der Waals surface area contributed by atoms with Crippen molar-refractivity contribution >= 4 is 34.6 Å². The van der Waals surface area contributed by atoms with Crippen molar-refractivity contribution in [1.29, 1.82) is 0 Å². The number of cyclic esters (lactones) is 1. The van der Waals surface area contributed by atoms with Crippen molar-refractivity contribution in [2.45, 2.75) is 130 Å². The minimum atomic E-state index is -1.12. The summed E-state index contributed by atoms with van der Waals surface area (Å²) < 4.78 is 14.2. The molecule has 7 rings (SSSR count). The Kier molecular flexibility index (Phi) is 14.2. The van der Waals surface area contributed by atoms with Gasteiger partial charge in [0, 0.05) is 67.8 Å². The normalized spacial score (nSPS) is 22.7. The van der Waals surface area contributed by atoms with Gasteiger partial charge in [-0.2, -0.15) is 0 Å². The molecular weight excluding hydrogens is 811 g/mol. The van der Waals surface area contributed by atoms with Gasteiger partial charge in [-0.3, -0.25) is 29.2 Å². The fraction of sp³-hybridized carbons (Fsp3) is 0.540. The van der Waals surface area contributed by atoms with Crippen LogP contribution in [0.5, 0.6) is 5.75 Å². The number of esters is 1. The Morgan fingerprint density at radius 1 is 1.06 bits per heavy atom. The standard InChI is InChI=1S/C50H67N7O7/c1-9-56-42-19-18-32-26-37(42)38(45(56)36-15-12-20-52-43(36)30(4)63-8)27-50(5,6)28-64-49(62)40-17-13-21-57(54-40)48(61)41(24-31-22-33(32)25-34(58)23-31)53-46(59)44(29(2)3)55(7)47(60)35-14-10-11-16-39(35)51/h12,15,18-20,22-23,25-26,29-30,35,39-41,44,54,58H,9-11,13-14,16-17,21,24,27-28,51H2,1-8H3,(H,53,59)/t30-,35-,39+,40-,41-,44-/m0/s1. The van der Waals surface area contributed by atoms with Gasteiger partial charge in [0.1, 0.15) is 23.9 Å². The van der Waals surface area contributed by atoms with Crippen LogP contribution in [0.15, 0.2) is 54.7 Å². The van der Waals surface area contributed by atoms with Crippen molar-refractivity contribution in [3.8, 4) is 28.1 Å². The monoisotopic (exact) mass is 878 g/mol. The van der Waals surface area contributed by atoms with Crippen LogP contribution in [0.2, 0.25) is 0 Å². The highest BCUT2D eigenvalue weighted by atomic mass is 16.5. The van der Waals surface area contributed by atoms with E-state index in [0.29, 0.717) is 44.3 Å². The second-order valence-electron chi connectivity index (χ2n) is 19.2. The average molecular weight is 878 g/mol. The molecule has 2 aromatic carbocycles. The van der Waals surface area contributed by atoms with E-state index in [0.717, 1.165) is 63.8 Å². The summed E-state index contributed by atoms with van der Waals surface area (Å²) in [6, 6.07) is 12.5. The lowest BCUT2D eigenvalue weighted by molar-refractivity contribution is -0.155. The number of pyridine rings is 1. The number of ether oxygens (including phenoxy) is 2. The number of carbonyl (C=O) groups excluding carboxylic acids is 4. The lowest BCUT2D eigenvalue weighted by Crippen LogP contribution is -2.62. The Balaban J connectivity index is 1.33. The van der Waals surface area contributed by atoms with Crippen LogP contribution in [-0.4, -0.2) is 99.7 Å². The van der Waals surface area contributed by atoms with Gasteiger partial charge in [0.05, 0.1) is 30.0 Å². The predicted molar refractivity (Wildman–Crippen MR) is 247 cm³/mol. The molecule has 2 fully saturated rings. The van der Waals surface area contributed by atoms with Gasteiger partial charge < -0.3 is 35.1 Å². The van der Waals surface area contributed by atoms with E-state index in [2.05, 4.69) is 54.3 Å². The molecule has 5 N–H and O–H groups in total. The summed E-state index contributed by atoms with van der Waals surface area (Å²) in [4.78, 5) is 63.3. The third-order valence-electron chi connectivity index (χ3n) is 13.5. The van der Waals surface area contributed by atoms with E-state index in [1.165, 1.54) is 9.91 Å². The largest absolute Gasteiger partial charge is 0.508 e. The van der Waals surface area contributed by atoms with Crippen LogP contribution in [0.3, 0.4) is 0 Å². The van der Waals surface area contributed by atoms with Crippen LogP contribution < -0.4 is 16.5 Å². The van der Waals surface area contributed by atoms with E-state index in [-0.39, 0.29) is 48.7 Å². The summed E-state index contributed by atoms with van der Waals surface area (Å²) in [5.41, 5.74) is 16.1. The zero-order chi connectivity index (χ0) is 46.0. The number of fused-ring (bicyclic) bond motifs is 6. The van der Waals surface area contributed by atoms with Gasteiger partial charge in [-0.05, 0) is 111 Å². The second kappa shape index (κ2) is 19.4. The number of hydrogen-bond donors (Lipinski definition) is 4. The molecule has 64 heavy (non-hydrogen) atoms. The van der Waals surface area contributed by atoms with E-state index in [1.54, 1.807) is 32.5 Å². The lowest BCUT2D eigenvalue weighted by atomic mass is 9.83. The lowest BCUT2D eigenvalue weighted by Gasteiger charge is -2.38. The van der Waals surface area contributed by atoms with E-state index >= 15 is 0 Å². The number of nitrogens with one attached hydrogen (secondary N) is 2. The first-order valence-corrected chi connectivity index (χ1v) is 23.0. The second-order valence-corrected chi connectivity index (χ2v) is 19.2. The smallest absolute Gasteiger partial charge is 0.324 e. The fourth-order valence-corrected chi connectivity index (χ4v) is 10.1. The van der Waals surface area contributed by atoms with Crippen molar-refractivity contribution in [1.82, 2.24) is 30.2 Å². The number of hydrazine groups is 1. The molecule has 6 atom stereocenters. The molecule has 1 saturated heterocycles. The molecule has 3 amide bonds. The third kappa shape index (κ3) is 9.69. The molecule has 344 valence electrons. The van der Waals surface area contributed by atoms with Gasteiger partial charge in [-0.25, -0.2) is 5.43 Å². The quantitative estimate of drug-likeness (QED) is 0.137. The summed E-state index contributed by atoms with van der Waals surface area (Å²) in [6.45, 7) is 13.1. The minimum Gasteiger partial charge on any atom is -0.508 e. The Morgan fingerprint density at radius 3 is 2.55 bits per heavy atom. The zero-order valence-electron chi connectivity index (χ0n) is 38.8. The highest BCUT2D eigenvalue weighted by Crippen LogP contribution is 2.42. The molecule has 0 spiro atoms. The van der Waals surface area contributed by atoms with Crippen LogP contribution in [0.1, 0.15) is 103 Å². The number of nitrogens with two attached hydrogens (primary N) is 1. The van der Waals surface area contributed by atoms with Crippen LogP contribution >= 0.6 is 0 Å². The number of methoxy groups -OCH3 is 1. The van der Waals surface area contributed by atoms with Crippen LogP contribution in [0, 0.1) is 17.3 Å². The van der Waals surface area contributed by atoms with Gasteiger partial charge in [0.15, 0.2) is 0 Å². The average Bonchev–Trinajstić information content (AvgIpc) is 3.58. The molecule has 0 unspecified atom stereocenters. The van der Waals surface area contributed by atoms with Crippen molar-refractivity contribution in [2.24, 2.45) is 23.0 Å². The molecule has 2 aliphatic heterocycles. The van der Waals surface area contributed by atoms with Crippen molar-refractivity contribution in [3.05, 3.63) is 71.5 Å². The summed E-state index contributed by atoms with van der Waals surface area (Å²) in [5.74, 6) is -2.23. The molecule has 3 aliphatic rings. The number of likely N-dealkylation sites (N-methyl/N-ethyl adjacent to an activating group) is 1. The maximum atomic E-state index is 14.7. The van der Waals surface area contributed by atoms with Gasteiger partial charge >= 0.3 is 5.97 Å². The maximum absolute atomic E-state index is 14.7. The molecule has 14 nitrogen and oxygen atoms in total. The fourth-order valence-electron chi connectivity index (χ4n) is 10.1. The minimum absolute atomic E-state index is 0.00868. The summed E-state index contributed by atoms with van der Waals surface area (Å²) in [7, 11) is 3.32. The summed E-state index contributed by atoms with van der Waals surface area (Å²) in [5, 5.41) is 16.8. The molecule has 1 aliphatic carbocycles. The highest BCUT2D eigenvalue weighted by molar-refractivity contribution is 5.96. The first kappa shape index (κ1) is 46.7.